The summed E-state index contributed by atoms with van der Waals surface area (Å²) in [4.78, 5) is 28.7. The molecule has 11 heteroatoms. The second kappa shape index (κ2) is 9.09. The van der Waals surface area contributed by atoms with Crippen LogP contribution in [0.25, 0.3) is 33.6 Å². The second-order valence-electron chi connectivity index (χ2n) is 7.54. The lowest BCUT2D eigenvalue weighted by molar-refractivity contribution is -0.115. The maximum atomic E-state index is 13.4. The van der Waals surface area contributed by atoms with Crippen molar-refractivity contribution in [3.05, 3.63) is 71.5 Å². The monoisotopic (exact) mass is 486 g/mol. The van der Waals surface area contributed by atoms with Gasteiger partial charge < -0.3 is 20.8 Å². The Labute approximate surface area is 195 Å². The quantitative estimate of drug-likeness (QED) is 0.341. The zero-order chi connectivity index (χ0) is 25.3. The van der Waals surface area contributed by atoms with Gasteiger partial charge in [0, 0.05) is 23.7 Å². The number of fused-ring (bicyclic) bond motifs is 1. The van der Waals surface area contributed by atoms with Gasteiger partial charge in [-0.15, -0.1) is 0 Å². The van der Waals surface area contributed by atoms with E-state index in [0.717, 1.165) is 0 Å². The van der Waals surface area contributed by atoms with E-state index in [0.29, 0.717) is 11.1 Å². The van der Waals surface area contributed by atoms with Crippen LogP contribution in [0.15, 0.2) is 59.0 Å². The van der Waals surface area contributed by atoms with Gasteiger partial charge in [-0.3, -0.25) is 9.59 Å². The summed E-state index contributed by atoms with van der Waals surface area (Å²) in [5, 5.41) is 4.96. The second-order valence-corrected chi connectivity index (χ2v) is 7.54. The number of aromatic nitrogens is 1. The zero-order valence-electron chi connectivity index (χ0n) is 18.2. The molecule has 0 spiro atoms. The Bertz CT molecular complexity index is 1430. The van der Waals surface area contributed by atoms with Crippen LogP contribution in [0.1, 0.15) is 20.7 Å². The highest BCUT2D eigenvalue weighted by Gasteiger charge is 2.29. The summed E-state index contributed by atoms with van der Waals surface area (Å²) < 4.78 is 58.1. The number of rotatable bonds is 6. The predicted octanol–water partition coefficient (Wildman–Crippen LogP) is 4.73. The third kappa shape index (κ3) is 4.93. The van der Waals surface area contributed by atoms with Crippen LogP contribution in [-0.2, 0) is 0 Å². The Morgan fingerprint density at radius 3 is 2.40 bits per heavy atom. The van der Waals surface area contributed by atoms with E-state index in [9.17, 15) is 27.2 Å². The molecular weight excluding hydrogens is 468 g/mol. The van der Waals surface area contributed by atoms with E-state index in [1.54, 1.807) is 6.07 Å². The van der Waals surface area contributed by atoms with Crippen molar-refractivity contribution >= 4 is 28.7 Å². The normalized spacial score (nSPS) is 11.5. The largest absolute Gasteiger partial charge is 0.437 e. The molecule has 7 nitrogen and oxygen atoms in total. The number of amides is 2. The van der Waals surface area contributed by atoms with Gasteiger partial charge in [-0.1, -0.05) is 12.1 Å². The number of benzene rings is 2. The van der Waals surface area contributed by atoms with Gasteiger partial charge in [0.2, 0.25) is 11.6 Å². The van der Waals surface area contributed by atoms with Crippen LogP contribution in [0.4, 0.5) is 23.4 Å². The number of nitrogens with zero attached hydrogens (tertiary/aromatic N) is 1. The maximum Gasteiger partial charge on any atom is 0.405 e. The number of hydrogen-bond donors (Lipinski definition) is 3. The molecule has 4 N–H and O–H groups in total. The van der Waals surface area contributed by atoms with Gasteiger partial charge in [0.15, 0.2) is 0 Å². The number of carbonyl (C=O) groups is 2. The van der Waals surface area contributed by atoms with Gasteiger partial charge in [0.05, 0.1) is 10.9 Å². The fourth-order valence-electron chi connectivity index (χ4n) is 3.56. The topological polar surface area (TPSA) is 110 Å². The predicted molar refractivity (Wildman–Crippen MR) is 121 cm³/mol. The zero-order valence-corrected chi connectivity index (χ0v) is 18.2. The SMILES string of the molecule is CNC(=O)c1c(-c2ccc(F)cc2)oc2nc(NCC(F)(F)F)c(-c3cccc(C(N)=O)c3)cc12. The van der Waals surface area contributed by atoms with E-state index in [4.69, 9.17) is 10.2 Å². The van der Waals surface area contributed by atoms with Crippen LogP contribution >= 0.6 is 0 Å². The Kier molecular flexibility index (Phi) is 6.16. The Hall–Kier alpha value is -4.41. The molecule has 2 aromatic heterocycles. The highest BCUT2D eigenvalue weighted by molar-refractivity contribution is 6.11. The molecule has 0 atom stereocenters. The molecule has 0 unspecified atom stereocenters. The van der Waals surface area contributed by atoms with E-state index < -0.39 is 30.4 Å². The highest BCUT2D eigenvalue weighted by atomic mass is 19.4. The van der Waals surface area contributed by atoms with Gasteiger partial charge in [-0.2, -0.15) is 18.2 Å². The molecule has 35 heavy (non-hydrogen) atoms. The molecule has 0 aliphatic heterocycles. The van der Waals surface area contributed by atoms with Gasteiger partial charge in [0.1, 0.15) is 23.9 Å². The van der Waals surface area contributed by atoms with Crippen LogP contribution < -0.4 is 16.4 Å². The van der Waals surface area contributed by atoms with E-state index >= 15 is 0 Å². The first-order chi connectivity index (χ1) is 16.6. The highest BCUT2D eigenvalue weighted by Crippen LogP contribution is 2.38. The molecule has 0 saturated carbocycles. The molecule has 0 bridgehead atoms. The van der Waals surface area contributed by atoms with E-state index in [1.165, 1.54) is 55.6 Å². The molecule has 2 aromatic carbocycles. The van der Waals surface area contributed by atoms with Crippen LogP contribution in [0.5, 0.6) is 0 Å². The Morgan fingerprint density at radius 1 is 1.06 bits per heavy atom. The summed E-state index contributed by atoms with van der Waals surface area (Å²) >= 11 is 0. The molecule has 2 amide bonds. The lowest BCUT2D eigenvalue weighted by Gasteiger charge is -2.14. The molecule has 0 radical (unpaired) electrons. The van der Waals surface area contributed by atoms with Gasteiger partial charge in [-0.25, -0.2) is 4.39 Å². The minimum atomic E-state index is -4.54. The molecule has 4 aromatic rings. The molecule has 4 rings (SSSR count). The number of primary amides is 1. The summed E-state index contributed by atoms with van der Waals surface area (Å²) in [6.07, 6.45) is -4.54. The number of anilines is 1. The first kappa shape index (κ1) is 23.7. The first-order valence-corrected chi connectivity index (χ1v) is 10.2. The average molecular weight is 486 g/mol. The number of nitrogens with two attached hydrogens (primary N) is 1. The number of pyridine rings is 1. The third-order valence-electron chi connectivity index (χ3n) is 5.16. The number of alkyl halides is 3. The summed E-state index contributed by atoms with van der Waals surface area (Å²) in [5.41, 5.74) is 6.33. The smallest absolute Gasteiger partial charge is 0.405 e. The molecular formula is C24H18F4N4O3. The molecule has 2 heterocycles. The van der Waals surface area contributed by atoms with E-state index in [2.05, 4.69) is 15.6 Å². The molecule has 0 fully saturated rings. The van der Waals surface area contributed by atoms with Gasteiger partial charge in [0.25, 0.3) is 5.91 Å². The van der Waals surface area contributed by atoms with Crippen LogP contribution in [0.2, 0.25) is 0 Å². The van der Waals surface area contributed by atoms with Crippen LogP contribution in [0.3, 0.4) is 0 Å². The summed E-state index contributed by atoms with van der Waals surface area (Å²) in [6.45, 7) is -1.39. The first-order valence-electron chi connectivity index (χ1n) is 10.2. The fourth-order valence-corrected chi connectivity index (χ4v) is 3.56. The summed E-state index contributed by atoms with van der Waals surface area (Å²) in [5.74, 6) is -1.88. The number of nitrogens with one attached hydrogen (secondary N) is 2. The summed E-state index contributed by atoms with van der Waals surface area (Å²) in [7, 11) is 1.40. The number of carbonyl (C=O) groups excluding carboxylic acids is 2. The standard InChI is InChI=1S/C24H18F4N4O3/c1-30-22(34)18-17-10-16(13-3-2-4-14(9-13)20(29)33)21(31-11-24(26,27)28)32-23(17)35-19(18)12-5-7-15(25)8-6-12/h2-10H,11H2,1H3,(H2,29,33)(H,30,34)(H,31,32). The van der Waals surface area contributed by atoms with Crippen LogP contribution in [-0.4, -0.2) is 36.6 Å². The van der Waals surface area contributed by atoms with Crippen molar-refractivity contribution in [3.63, 3.8) is 0 Å². The number of hydrogen-bond acceptors (Lipinski definition) is 5. The lowest BCUT2D eigenvalue weighted by Crippen LogP contribution is -2.22. The fraction of sp³-hybridized carbons (Fsp3) is 0.125. The van der Waals surface area contributed by atoms with Crippen molar-refractivity contribution in [1.29, 1.82) is 0 Å². The number of halogens is 4. The Balaban J connectivity index is 1.99. The lowest BCUT2D eigenvalue weighted by atomic mass is 10.00. The minimum absolute atomic E-state index is 0.0660. The van der Waals surface area contributed by atoms with Crippen molar-refractivity contribution in [2.75, 3.05) is 18.9 Å². The third-order valence-corrected chi connectivity index (χ3v) is 5.16. The Morgan fingerprint density at radius 2 is 1.77 bits per heavy atom. The molecule has 0 aliphatic carbocycles. The summed E-state index contributed by atoms with van der Waals surface area (Å²) in [6, 6.07) is 12.6. The van der Waals surface area contributed by atoms with Crippen molar-refractivity contribution in [1.82, 2.24) is 10.3 Å². The number of furan rings is 1. The van der Waals surface area contributed by atoms with Crippen molar-refractivity contribution < 1.29 is 31.6 Å². The van der Waals surface area contributed by atoms with Gasteiger partial charge in [-0.05, 0) is 48.0 Å². The van der Waals surface area contributed by atoms with E-state index in [-0.39, 0.29) is 39.4 Å². The van der Waals surface area contributed by atoms with Crippen molar-refractivity contribution in [3.8, 4) is 22.5 Å². The molecule has 0 aliphatic rings. The maximum absolute atomic E-state index is 13.4. The molecule has 0 saturated heterocycles. The van der Waals surface area contributed by atoms with E-state index in [1.807, 2.05) is 0 Å². The average Bonchev–Trinajstić information content (AvgIpc) is 3.20. The van der Waals surface area contributed by atoms with Crippen molar-refractivity contribution in [2.24, 2.45) is 5.73 Å². The van der Waals surface area contributed by atoms with Gasteiger partial charge >= 0.3 is 6.18 Å². The minimum Gasteiger partial charge on any atom is -0.437 e. The molecule has 180 valence electrons. The van der Waals surface area contributed by atoms with Crippen molar-refractivity contribution in [2.45, 2.75) is 6.18 Å². The van der Waals surface area contributed by atoms with Crippen LogP contribution in [0, 0.1) is 5.82 Å².